The largest absolute Gasteiger partial charge is 0.460 e. The van der Waals surface area contributed by atoms with Crippen LogP contribution in [0.1, 0.15) is 50.7 Å². The van der Waals surface area contributed by atoms with Crippen LogP contribution in [0.2, 0.25) is 0 Å². The Morgan fingerprint density at radius 3 is 2.09 bits per heavy atom. The fourth-order valence-electron chi connectivity index (χ4n) is 4.00. The summed E-state index contributed by atoms with van der Waals surface area (Å²) in [6.45, 7) is 5.41. The highest BCUT2D eigenvalue weighted by Crippen LogP contribution is 2.44. The first-order valence-corrected chi connectivity index (χ1v) is 11.3. The lowest BCUT2D eigenvalue weighted by atomic mass is 9.98. The number of carbonyl (C=O) groups is 3. The zero-order chi connectivity index (χ0) is 24.9. The van der Waals surface area contributed by atoms with Gasteiger partial charge in [-0.05, 0) is 49.4 Å². The smallest absolute Gasteiger partial charge is 0.407 e. The molecule has 0 radical (unpaired) electrons. The summed E-state index contributed by atoms with van der Waals surface area (Å²) in [5.41, 5.74) is 3.79. The van der Waals surface area contributed by atoms with Gasteiger partial charge in [0.1, 0.15) is 18.2 Å². The van der Waals surface area contributed by atoms with Gasteiger partial charge in [0, 0.05) is 19.4 Å². The molecule has 1 aliphatic rings. The quantitative estimate of drug-likeness (QED) is 0.464. The number of likely N-dealkylation sites (N-methyl/N-ethyl adjacent to an activating group) is 1. The van der Waals surface area contributed by atoms with E-state index >= 15 is 0 Å². The molecule has 8 nitrogen and oxygen atoms in total. The number of hydrogen-bond donors (Lipinski definition) is 1. The number of benzene rings is 2. The third-order valence-electron chi connectivity index (χ3n) is 5.58. The van der Waals surface area contributed by atoms with Crippen LogP contribution in [0.4, 0.5) is 4.79 Å². The number of fused-ring (bicyclic) bond motifs is 3. The van der Waals surface area contributed by atoms with Crippen molar-refractivity contribution < 1.29 is 28.7 Å². The van der Waals surface area contributed by atoms with Crippen LogP contribution in [0.3, 0.4) is 0 Å². The summed E-state index contributed by atoms with van der Waals surface area (Å²) in [5.74, 6) is -1.06. The van der Waals surface area contributed by atoms with Crippen LogP contribution in [-0.4, -0.2) is 55.4 Å². The summed E-state index contributed by atoms with van der Waals surface area (Å²) in [5, 5.41) is 3.59. The first-order chi connectivity index (χ1) is 16.1. The number of nitrogens with one attached hydrogen (secondary N) is 1. The van der Waals surface area contributed by atoms with Gasteiger partial charge in [-0.2, -0.15) is 0 Å². The Morgan fingerprint density at radius 1 is 1.00 bits per heavy atom. The molecule has 8 heteroatoms. The molecule has 0 heterocycles. The van der Waals surface area contributed by atoms with Crippen molar-refractivity contribution in [3.05, 3.63) is 59.7 Å². The lowest BCUT2D eigenvalue weighted by molar-refractivity contribution is -0.171. The number of carbonyl (C=O) groups excluding carboxylic acids is 3. The van der Waals surface area contributed by atoms with Crippen LogP contribution < -0.4 is 5.32 Å². The van der Waals surface area contributed by atoms with Gasteiger partial charge < -0.3 is 14.8 Å². The molecule has 0 saturated carbocycles. The number of alkyl carbamates (subject to hydrolysis) is 1. The minimum absolute atomic E-state index is 0.0467. The molecule has 0 fully saturated rings. The SMILES string of the molecule is CON(C)C(=O)[C@@H](CCC(=O)OC(C)(C)C)NC(=O)OCC1c2ccccc2-c2ccccc21. The van der Waals surface area contributed by atoms with E-state index in [-0.39, 0.29) is 25.4 Å². The van der Waals surface area contributed by atoms with E-state index in [1.165, 1.54) is 14.2 Å². The molecule has 0 saturated heterocycles. The first kappa shape index (κ1) is 25.2. The van der Waals surface area contributed by atoms with Gasteiger partial charge in [-0.15, -0.1) is 0 Å². The van der Waals surface area contributed by atoms with Gasteiger partial charge in [-0.25, -0.2) is 9.86 Å². The fourth-order valence-corrected chi connectivity index (χ4v) is 4.00. The molecule has 0 unspecified atom stereocenters. The number of ether oxygens (including phenoxy) is 2. The van der Waals surface area contributed by atoms with Crippen molar-refractivity contribution in [3.8, 4) is 11.1 Å². The number of rotatable bonds is 8. The molecule has 182 valence electrons. The van der Waals surface area contributed by atoms with Crippen LogP contribution in [0.5, 0.6) is 0 Å². The van der Waals surface area contributed by atoms with Crippen LogP contribution in [0, 0.1) is 0 Å². The monoisotopic (exact) mass is 468 g/mol. The van der Waals surface area contributed by atoms with E-state index in [0.29, 0.717) is 0 Å². The number of esters is 1. The lowest BCUT2D eigenvalue weighted by Crippen LogP contribution is -2.47. The van der Waals surface area contributed by atoms with Crippen LogP contribution in [0.25, 0.3) is 11.1 Å². The highest BCUT2D eigenvalue weighted by molar-refractivity contribution is 5.85. The minimum Gasteiger partial charge on any atom is -0.460 e. The third kappa shape index (κ3) is 6.14. The molecule has 0 aliphatic heterocycles. The summed E-state index contributed by atoms with van der Waals surface area (Å²) in [6, 6.07) is 15.1. The van der Waals surface area contributed by atoms with Crippen LogP contribution >= 0.6 is 0 Å². The van der Waals surface area contributed by atoms with E-state index in [2.05, 4.69) is 17.4 Å². The van der Waals surface area contributed by atoms with Crippen LogP contribution in [0.15, 0.2) is 48.5 Å². The highest BCUT2D eigenvalue weighted by atomic mass is 16.7. The van der Waals surface area contributed by atoms with Crippen molar-refractivity contribution in [3.63, 3.8) is 0 Å². The molecule has 0 bridgehead atoms. The Hall–Kier alpha value is -3.39. The van der Waals surface area contributed by atoms with Gasteiger partial charge in [0.15, 0.2) is 0 Å². The summed E-state index contributed by atoms with van der Waals surface area (Å²) >= 11 is 0. The van der Waals surface area contributed by atoms with Crippen molar-refractivity contribution in [2.24, 2.45) is 0 Å². The van der Waals surface area contributed by atoms with Crippen LogP contribution in [-0.2, 0) is 23.9 Å². The van der Waals surface area contributed by atoms with E-state index in [0.717, 1.165) is 27.3 Å². The molecule has 2 aromatic carbocycles. The normalized spacial score (nSPS) is 13.4. The second kappa shape index (κ2) is 10.7. The van der Waals surface area contributed by atoms with Crippen molar-refractivity contribution >= 4 is 18.0 Å². The van der Waals surface area contributed by atoms with Gasteiger partial charge in [0.05, 0.1) is 7.11 Å². The Balaban J connectivity index is 1.65. The van der Waals surface area contributed by atoms with Crippen molar-refractivity contribution in [2.75, 3.05) is 20.8 Å². The van der Waals surface area contributed by atoms with Gasteiger partial charge in [0.2, 0.25) is 0 Å². The maximum atomic E-state index is 12.7. The Bertz CT molecular complexity index is 1000. The van der Waals surface area contributed by atoms with Gasteiger partial charge in [-0.1, -0.05) is 48.5 Å². The summed E-state index contributed by atoms with van der Waals surface area (Å²) < 4.78 is 10.8. The van der Waals surface area contributed by atoms with E-state index < -0.39 is 29.6 Å². The molecule has 1 atom stereocenters. The molecular formula is C26H32N2O6. The van der Waals surface area contributed by atoms with Gasteiger partial charge >= 0.3 is 12.1 Å². The number of amides is 2. The fraction of sp³-hybridized carbons (Fsp3) is 0.423. The van der Waals surface area contributed by atoms with Crippen molar-refractivity contribution in [1.82, 2.24) is 10.4 Å². The van der Waals surface area contributed by atoms with E-state index in [1.54, 1.807) is 20.8 Å². The second-order valence-electron chi connectivity index (χ2n) is 9.17. The molecule has 0 spiro atoms. The highest BCUT2D eigenvalue weighted by Gasteiger charge is 2.31. The number of nitrogens with zero attached hydrogens (tertiary/aromatic N) is 1. The molecule has 1 N–H and O–H groups in total. The predicted molar refractivity (Wildman–Crippen MR) is 127 cm³/mol. The summed E-state index contributed by atoms with van der Waals surface area (Å²) in [6.07, 6.45) is -0.741. The van der Waals surface area contributed by atoms with E-state index in [1.807, 2.05) is 36.4 Å². The molecule has 0 aromatic heterocycles. The van der Waals surface area contributed by atoms with Crippen molar-refractivity contribution in [2.45, 2.75) is 51.2 Å². The zero-order valence-electron chi connectivity index (χ0n) is 20.3. The van der Waals surface area contributed by atoms with E-state index in [9.17, 15) is 14.4 Å². The number of hydroxylamine groups is 2. The molecular weight excluding hydrogens is 436 g/mol. The maximum absolute atomic E-state index is 12.7. The topological polar surface area (TPSA) is 94.2 Å². The molecule has 2 amide bonds. The standard InChI is InChI=1S/C26H32N2O6/c1-26(2,3)34-23(29)15-14-22(24(30)28(4)32-5)27-25(31)33-16-21-19-12-8-6-10-17(19)18-11-7-9-13-20(18)21/h6-13,21-22H,14-16H2,1-5H3,(H,27,31)/t22-/m1/s1. The molecule has 2 aromatic rings. The first-order valence-electron chi connectivity index (χ1n) is 11.3. The summed E-state index contributed by atoms with van der Waals surface area (Å²) in [4.78, 5) is 42.4. The average molecular weight is 469 g/mol. The Labute approximate surface area is 200 Å². The van der Waals surface area contributed by atoms with Gasteiger partial charge in [0.25, 0.3) is 5.91 Å². The predicted octanol–water partition coefficient (Wildman–Crippen LogP) is 4.04. The Morgan fingerprint density at radius 2 is 1.56 bits per heavy atom. The summed E-state index contributed by atoms with van der Waals surface area (Å²) in [7, 11) is 2.78. The second-order valence-corrected chi connectivity index (χ2v) is 9.17. The zero-order valence-corrected chi connectivity index (χ0v) is 20.3. The third-order valence-corrected chi connectivity index (χ3v) is 5.58. The van der Waals surface area contributed by atoms with Gasteiger partial charge in [-0.3, -0.25) is 14.4 Å². The lowest BCUT2D eigenvalue weighted by Gasteiger charge is -2.24. The minimum atomic E-state index is -1.01. The molecule has 3 rings (SSSR count). The Kier molecular flexibility index (Phi) is 7.94. The molecule has 34 heavy (non-hydrogen) atoms. The maximum Gasteiger partial charge on any atom is 0.407 e. The number of hydrogen-bond acceptors (Lipinski definition) is 6. The molecule has 1 aliphatic carbocycles. The average Bonchev–Trinajstić information content (AvgIpc) is 3.12. The van der Waals surface area contributed by atoms with E-state index in [4.69, 9.17) is 14.3 Å². The van der Waals surface area contributed by atoms with Crippen molar-refractivity contribution in [1.29, 1.82) is 0 Å².